The minimum absolute atomic E-state index is 0.327. The number of hydrogen-bond donors (Lipinski definition) is 1. The van der Waals surface area contributed by atoms with E-state index >= 15 is 0 Å². The molecule has 1 N–H and O–H groups in total. The largest absolute Gasteiger partial charge is 0.447 e. The van der Waals surface area contributed by atoms with Gasteiger partial charge in [-0.2, -0.15) is 5.10 Å². The van der Waals surface area contributed by atoms with Crippen LogP contribution in [0.4, 0.5) is 10.6 Å². The number of nitrogens with zero attached hydrogens (tertiary/aromatic N) is 2. The van der Waals surface area contributed by atoms with Crippen LogP contribution >= 0.6 is 0 Å². The number of benzene rings is 1. The zero-order valence-electron chi connectivity index (χ0n) is 7.93. The lowest BCUT2D eigenvalue weighted by molar-refractivity contribution is 0.181. The van der Waals surface area contributed by atoms with Crippen molar-refractivity contribution in [3.8, 4) is 0 Å². The number of anilines is 1. The summed E-state index contributed by atoms with van der Waals surface area (Å²) in [6.45, 7) is 0.994. The number of amides is 1. The molecule has 0 spiro atoms. The van der Waals surface area contributed by atoms with Crippen molar-refractivity contribution in [2.24, 2.45) is 0 Å². The van der Waals surface area contributed by atoms with Gasteiger partial charge in [0, 0.05) is 5.39 Å². The van der Waals surface area contributed by atoms with Crippen LogP contribution in [-0.4, -0.2) is 29.4 Å². The summed E-state index contributed by atoms with van der Waals surface area (Å²) in [5.74, 6) is 0.646. The summed E-state index contributed by atoms with van der Waals surface area (Å²) >= 11 is 0. The Balaban J connectivity index is 2.14. The standard InChI is InChI=1S/C10H9N3O2/c14-10-13(5-6-15-10)9-7-3-1-2-4-8(7)11-12-9/h1-4H,5-6H2,(H,11,12). The molecule has 1 fully saturated rings. The molecule has 0 saturated carbocycles. The summed E-state index contributed by atoms with van der Waals surface area (Å²) in [5, 5.41) is 7.96. The maximum atomic E-state index is 11.4. The van der Waals surface area contributed by atoms with Crippen molar-refractivity contribution in [2.75, 3.05) is 18.1 Å². The van der Waals surface area contributed by atoms with Crippen molar-refractivity contribution < 1.29 is 9.53 Å². The maximum absolute atomic E-state index is 11.4. The van der Waals surface area contributed by atoms with Gasteiger partial charge in [0.1, 0.15) is 6.61 Å². The molecule has 5 nitrogen and oxygen atoms in total. The van der Waals surface area contributed by atoms with E-state index in [-0.39, 0.29) is 6.09 Å². The van der Waals surface area contributed by atoms with Crippen LogP contribution in [0.1, 0.15) is 0 Å². The lowest BCUT2D eigenvalue weighted by Crippen LogP contribution is -2.23. The summed E-state index contributed by atoms with van der Waals surface area (Å²) in [7, 11) is 0. The molecule has 1 aliphatic rings. The normalized spacial score (nSPS) is 16.0. The first-order chi connectivity index (χ1) is 7.36. The second-order valence-corrected chi connectivity index (χ2v) is 3.36. The second-order valence-electron chi connectivity index (χ2n) is 3.36. The van der Waals surface area contributed by atoms with Gasteiger partial charge in [-0.3, -0.25) is 10.00 Å². The first-order valence-electron chi connectivity index (χ1n) is 4.73. The third kappa shape index (κ3) is 1.16. The Morgan fingerprint density at radius 3 is 3.07 bits per heavy atom. The highest BCUT2D eigenvalue weighted by molar-refractivity contribution is 5.99. The van der Waals surface area contributed by atoms with Crippen molar-refractivity contribution in [2.45, 2.75) is 0 Å². The van der Waals surface area contributed by atoms with E-state index < -0.39 is 0 Å². The summed E-state index contributed by atoms with van der Waals surface area (Å²) in [6, 6.07) is 7.70. The van der Waals surface area contributed by atoms with Gasteiger partial charge in [-0.1, -0.05) is 12.1 Å². The molecule has 76 valence electrons. The number of rotatable bonds is 1. The maximum Gasteiger partial charge on any atom is 0.415 e. The van der Waals surface area contributed by atoms with Crippen LogP contribution in [0.3, 0.4) is 0 Å². The van der Waals surface area contributed by atoms with Gasteiger partial charge in [-0.15, -0.1) is 0 Å². The molecule has 15 heavy (non-hydrogen) atoms. The topological polar surface area (TPSA) is 58.2 Å². The molecule has 1 aromatic carbocycles. The van der Waals surface area contributed by atoms with E-state index in [0.29, 0.717) is 19.0 Å². The number of cyclic esters (lactones) is 1. The molecule has 2 aromatic rings. The molecule has 0 radical (unpaired) electrons. The van der Waals surface area contributed by atoms with Gasteiger partial charge in [0.05, 0.1) is 12.1 Å². The molecular formula is C10H9N3O2. The van der Waals surface area contributed by atoms with Crippen molar-refractivity contribution >= 4 is 22.8 Å². The lowest BCUT2D eigenvalue weighted by atomic mass is 10.2. The van der Waals surface area contributed by atoms with Crippen LogP contribution in [-0.2, 0) is 4.74 Å². The highest BCUT2D eigenvalue weighted by atomic mass is 16.6. The second kappa shape index (κ2) is 2.98. The minimum atomic E-state index is -0.327. The Labute approximate surface area is 85.6 Å². The molecule has 0 unspecified atom stereocenters. The van der Waals surface area contributed by atoms with E-state index in [1.165, 1.54) is 0 Å². The fraction of sp³-hybridized carbons (Fsp3) is 0.200. The number of nitrogens with one attached hydrogen (secondary N) is 1. The molecule has 1 aliphatic heterocycles. The SMILES string of the molecule is O=C1OCCN1c1n[nH]c2ccccc12. The predicted molar refractivity (Wildman–Crippen MR) is 54.8 cm³/mol. The lowest BCUT2D eigenvalue weighted by Gasteiger charge is -2.08. The summed E-state index contributed by atoms with van der Waals surface area (Å²) in [4.78, 5) is 12.9. The quantitative estimate of drug-likeness (QED) is 0.764. The van der Waals surface area contributed by atoms with E-state index in [9.17, 15) is 4.79 Å². The van der Waals surface area contributed by atoms with Gasteiger partial charge in [-0.05, 0) is 12.1 Å². The van der Waals surface area contributed by atoms with Crippen molar-refractivity contribution in [1.82, 2.24) is 10.2 Å². The molecule has 1 aromatic heterocycles. The highest BCUT2D eigenvalue weighted by Gasteiger charge is 2.26. The van der Waals surface area contributed by atoms with Crippen LogP contribution < -0.4 is 4.90 Å². The third-order valence-corrected chi connectivity index (χ3v) is 2.47. The number of H-pyrrole nitrogens is 1. The third-order valence-electron chi connectivity index (χ3n) is 2.47. The van der Waals surface area contributed by atoms with Gasteiger partial charge >= 0.3 is 6.09 Å². The number of carbonyl (C=O) groups is 1. The highest BCUT2D eigenvalue weighted by Crippen LogP contribution is 2.25. The predicted octanol–water partition coefficient (Wildman–Crippen LogP) is 1.52. The number of aromatic amines is 1. The first kappa shape index (κ1) is 8.28. The van der Waals surface area contributed by atoms with Crippen molar-refractivity contribution in [1.29, 1.82) is 0 Å². The molecule has 1 saturated heterocycles. The van der Waals surface area contributed by atoms with Crippen LogP contribution in [0, 0.1) is 0 Å². The Morgan fingerprint density at radius 2 is 2.27 bits per heavy atom. The molecule has 0 atom stereocenters. The summed E-state index contributed by atoms with van der Waals surface area (Å²) < 4.78 is 4.87. The van der Waals surface area contributed by atoms with E-state index in [0.717, 1.165) is 10.9 Å². The molecule has 0 aliphatic carbocycles. The van der Waals surface area contributed by atoms with E-state index in [1.54, 1.807) is 4.90 Å². The van der Waals surface area contributed by atoms with Gasteiger partial charge in [0.25, 0.3) is 0 Å². The first-order valence-corrected chi connectivity index (χ1v) is 4.73. The number of aromatic nitrogens is 2. The van der Waals surface area contributed by atoms with E-state index in [2.05, 4.69) is 10.2 Å². The number of ether oxygens (including phenoxy) is 1. The average Bonchev–Trinajstić information content (AvgIpc) is 2.83. The summed E-state index contributed by atoms with van der Waals surface area (Å²) in [6.07, 6.45) is -0.327. The van der Waals surface area contributed by atoms with Gasteiger partial charge in [0.15, 0.2) is 5.82 Å². The monoisotopic (exact) mass is 203 g/mol. The average molecular weight is 203 g/mol. The smallest absolute Gasteiger partial charge is 0.415 e. The van der Waals surface area contributed by atoms with Crippen LogP contribution in [0.5, 0.6) is 0 Å². The zero-order chi connectivity index (χ0) is 10.3. The van der Waals surface area contributed by atoms with Crippen molar-refractivity contribution in [3.05, 3.63) is 24.3 Å². The van der Waals surface area contributed by atoms with Crippen molar-refractivity contribution in [3.63, 3.8) is 0 Å². The minimum Gasteiger partial charge on any atom is -0.447 e. The number of para-hydroxylation sites is 1. The summed E-state index contributed by atoms with van der Waals surface area (Å²) in [5.41, 5.74) is 0.923. The Bertz CT molecular complexity index is 520. The molecule has 5 heteroatoms. The molecule has 2 heterocycles. The van der Waals surface area contributed by atoms with Crippen LogP contribution in [0.25, 0.3) is 10.9 Å². The molecule has 1 amide bonds. The van der Waals surface area contributed by atoms with Crippen LogP contribution in [0.2, 0.25) is 0 Å². The van der Waals surface area contributed by atoms with Gasteiger partial charge < -0.3 is 4.74 Å². The Kier molecular flexibility index (Phi) is 1.65. The fourth-order valence-electron chi connectivity index (χ4n) is 1.74. The Hall–Kier alpha value is -2.04. The molecular weight excluding hydrogens is 194 g/mol. The number of carbonyl (C=O) groups excluding carboxylic acids is 1. The Morgan fingerprint density at radius 1 is 1.40 bits per heavy atom. The van der Waals surface area contributed by atoms with Crippen LogP contribution in [0.15, 0.2) is 24.3 Å². The van der Waals surface area contributed by atoms with Gasteiger partial charge in [0.2, 0.25) is 0 Å². The van der Waals surface area contributed by atoms with E-state index in [4.69, 9.17) is 4.74 Å². The number of hydrogen-bond acceptors (Lipinski definition) is 3. The molecule has 3 rings (SSSR count). The zero-order valence-corrected chi connectivity index (χ0v) is 7.93. The number of fused-ring (bicyclic) bond motifs is 1. The fourth-order valence-corrected chi connectivity index (χ4v) is 1.74. The van der Waals surface area contributed by atoms with E-state index in [1.807, 2.05) is 24.3 Å². The van der Waals surface area contributed by atoms with Gasteiger partial charge in [-0.25, -0.2) is 4.79 Å². The molecule has 0 bridgehead atoms.